The van der Waals surface area contributed by atoms with Gasteiger partial charge in [0.2, 0.25) is 11.8 Å². The molecule has 2 aliphatic carbocycles. The number of hydrogen-bond donors (Lipinski definition) is 2. The molecule has 0 aromatic heterocycles. The third-order valence-electron chi connectivity index (χ3n) is 5.89. The van der Waals surface area contributed by atoms with Crippen LogP contribution in [0.25, 0.3) is 0 Å². The fourth-order valence-corrected chi connectivity index (χ4v) is 5.42. The molecule has 2 saturated carbocycles. The normalized spacial score (nSPS) is 29.0. The van der Waals surface area contributed by atoms with Gasteiger partial charge < -0.3 is 15.3 Å². The van der Waals surface area contributed by atoms with E-state index in [1.165, 1.54) is 0 Å². The van der Waals surface area contributed by atoms with Crippen LogP contribution in [0.2, 0.25) is 0 Å². The van der Waals surface area contributed by atoms with E-state index >= 15 is 0 Å². The first-order chi connectivity index (χ1) is 12.5. The highest BCUT2D eigenvalue weighted by atomic mass is 32.2. The van der Waals surface area contributed by atoms with Crippen molar-refractivity contribution in [1.29, 1.82) is 0 Å². The highest BCUT2D eigenvalue weighted by Crippen LogP contribution is 2.31. The summed E-state index contributed by atoms with van der Waals surface area (Å²) in [7, 11) is 0. The molecule has 146 valence electrons. The number of hydrogen-bond acceptors (Lipinski definition) is 5. The SMILES string of the molecule is CCN(CC(=O)O)C1CC(NC(=O)C2CSCN2C(=O)C2CCCC2)C1. The van der Waals surface area contributed by atoms with Gasteiger partial charge in [0.15, 0.2) is 0 Å². The van der Waals surface area contributed by atoms with Crippen LogP contribution >= 0.6 is 11.8 Å². The third-order valence-corrected chi connectivity index (χ3v) is 6.91. The van der Waals surface area contributed by atoms with E-state index < -0.39 is 5.97 Å². The maximum atomic E-state index is 12.7. The Morgan fingerprint density at radius 1 is 1.23 bits per heavy atom. The van der Waals surface area contributed by atoms with Crippen molar-refractivity contribution in [3.05, 3.63) is 0 Å². The van der Waals surface area contributed by atoms with E-state index in [2.05, 4.69) is 5.32 Å². The molecule has 8 heteroatoms. The Morgan fingerprint density at radius 3 is 2.54 bits per heavy atom. The molecule has 26 heavy (non-hydrogen) atoms. The second-order valence-corrected chi connectivity index (χ2v) is 8.59. The first-order valence-corrected chi connectivity index (χ1v) is 10.8. The summed E-state index contributed by atoms with van der Waals surface area (Å²) >= 11 is 1.65. The van der Waals surface area contributed by atoms with Crippen molar-refractivity contribution in [2.75, 3.05) is 24.7 Å². The molecule has 0 spiro atoms. The topological polar surface area (TPSA) is 90.0 Å². The van der Waals surface area contributed by atoms with Crippen LogP contribution in [0.5, 0.6) is 0 Å². The Balaban J connectivity index is 1.47. The number of carboxylic acid groups (broad SMARTS) is 1. The van der Waals surface area contributed by atoms with Gasteiger partial charge in [0, 0.05) is 23.8 Å². The van der Waals surface area contributed by atoms with Gasteiger partial charge >= 0.3 is 5.97 Å². The zero-order valence-corrected chi connectivity index (χ0v) is 16.2. The number of nitrogens with zero attached hydrogens (tertiary/aromatic N) is 2. The van der Waals surface area contributed by atoms with Crippen LogP contribution in [0.3, 0.4) is 0 Å². The summed E-state index contributed by atoms with van der Waals surface area (Å²) in [5.74, 6) is 0.669. The molecule has 1 saturated heterocycles. The number of aliphatic carboxylic acids is 1. The van der Waals surface area contributed by atoms with E-state index in [9.17, 15) is 14.4 Å². The molecule has 0 aromatic rings. The first-order valence-electron chi connectivity index (χ1n) is 9.64. The monoisotopic (exact) mass is 383 g/mol. The number of likely N-dealkylation sites (N-methyl/N-ethyl adjacent to an activating group) is 1. The van der Waals surface area contributed by atoms with Gasteiger partial charge in [-0.3, -0.25) is 19.3 Å². The van der Waals surface area contributed by atoms with Crippen LogP contribution in [-0.4, -0.2) is 75.5 Å². The standard InChI is InChI=1S/C18H29N3O4S/c1-2-20(9-16(22)23)14-7-13(8-14)19-17(24)15-10-26-11-21(15)18(25)12-5-3-4-6-12/h12-15H,2-11H2,1H3,(H,19,24)(H,22,23). The van der Waals surface area contributed by atoms with E-state index in [1.54, 1.807) is 16.7 Å². The van der Waals surface area contributed by atoms with Crippen molar-refractivity contribution in [2.24, 2.45) is 5.92 Å². The van der Waals surface area contributed by atoms with Crippen molar-refractivity contribution in [3.63, 3.8) is 0 Å². The lowest BCUT2D eigenvalue weighted by Crippen LogP contribution is -2.58. The lowest BCUT2D eigenvalue weighted by Gasteiger charge is -2.42. The molecule has 3 aliphatic rings. The van der Waals surface area contributed by atoms with Crippen LogP contribution in [0.4, 0.5) is 0 Å². The smallest absolute Gasteiger partial charge is 0.317 e. The molecule has 3 fully saturated rings. The van der Waals surface area contributed by atoms with Crippen molar-refractivity contribution < 1.29 is 19.5 Å². The first kappa shape index (κ1) is 19.5. The predicted octanol–water partition coefficient (Wildman–Crippen LogP) is 1.13. The second kappa shape index (κ2) is 8.61. The molecular formula is C18H29N3O4S. The number of thioether (sulfide) groups is 1. The van der Waals surface area contributed by atoms with Crippen molar-refractivity contribution in [3.8, 4) is 0 Å². The third kappa shape index (κ3) is 4.34. The van der Waals surface area contributed by atoms with Gasteiger partial charge in [0.05, 0.1) is 12.4 Å². The molecule has 1 unspecified atom stereocenters. The molecule has 1 heterocycles. The quantitative estimate of drug-likeness (QED) is 0.685. The van der Waals surface area contributed by atoms with E-state index in [0.29, 0.717) is 18.2 Å². The number of nitrogens with one attached hydrogen (secondary N) is 1. The van der Waals surface area contributed by atoms with Crippen LogP contribution in [-0.2, 0) is 14.4 Å². The summed E-state index contributed by atoms with van der Waals surface area (Å²) in [6, 6.07) is -0.0478. The Labute approximate surface area is 158 Å². The predicted molar refractivity (Wildman–Crippen MR) is 99.8 cm³/mol. The molecule has 1 aliphatic heterocycles. The number of rotatable bonds is 7. The summed E-state index contributed by atoms with van der Waals surface area (Å²) in [6.07, 6.45) is 5.70. The summed E-state index contributed by atoms with van der Waals surface area (Å²) in [6.45, 7) is 2.70. The lowest BCUT2D eigenvalue weighted by atomic mass is 9.85. The van der Waals surface area contributed by atoms with Crippen LogP contribution < -0.4 is 5.32 Å². The van der Waals surface area contributed by atoms with Gasteiger partial charge in [-0.15, -0.1) is 11.8 Å². The minimum Gasteiger partial charge on any atom is -0.480 e. The highest BCUT2D eigenvalue weighted by Gasteiger charge is 2.41. The second-order valence-electron chi connectivity index (χ2n) is 7.59. The zero-order valence-electron chi connectivity index (χ0n) is 15.4. The van der Waals surface area contributed by atoms with Crippen LogP contribution in [0, 0.1) is 5.92 Å². The molecule has 7 nitrogen and oxygen atoms in total. The maximum Gasteiger partial charge on any atom is 0.317 e. The van der Waals surface area contributed by atoms with Crippen molar-refractivity contribution >= 4 is 29.5 Å². The fourth-order valence-electron chi connectivity index (χ4n) is 4.26. The molecule has 3 rings (SSSR count). The number of carbonyl (C=O) groups excluding carboxylic acids is 2. The lowest BCUT2D eigenvalue weighted by molar-refractivity contribution is -0.141. The van der Waals surface area contributed by atoms with Crippen molar-refractivity contribution in [2.45, 2.75) is 63.6 Å². The minimum absolute atomic E-state index is 0.0464. The Hall–Kier alpha value is -1.28. The number of carbonyl (C=O) groups is 3. The molecule has 2 N–H and O–H groups in total. The number of amides is 2. The molecule has 0 aromatic carbocycles. The summed E-state index contributed by atoms with van der Waals surface area (Å²) < 4.78 is 0. The summed E-state index contributed by atoms with van der Waals surface area (Å²) in [4.78, 5) is 40.0. The highest BCUT2D eigenvalue weighted by molar-refractivity contribution is 7.99. The van der Waals surface area contributed by atoms with Gasteiger partial charge in [-0.2, -0.15) is 0 Å². The molecule has 1 atom stereocenters. The van der Waals surface area contributed by atoms with E-state index in [4.69, 9.17) is 5.11 Å². The fraction of sp³-hybridized carbons (Fsp3) is 0.833. The molecular weight excluding hydrogens is 354 g/mol. The van der Waals surface area contributed by atoms with Gasteiger partial charge in [-0.05, 0) is 32.2 Å². The number of carboxylic acids is 1. The van der Waals surface area contributed by atoms with Gasteiger partial charge in [0.1, 0.15) is 6.04 Å². The summed E-state index contributed by atoms with van der Waals surface area (Å²) in [5, 5.41) is 12.0. The van der Waals surface area contributed by atoms with Crippen molar-refractivity contribution in [1.82, 2.24) is 15.1 Å². The minimum atomic E-state index is -0.816. The zero-order chi connectivity index (χ0) is 18.7. The van der Waals surface area contributed by atoms with E-state index in [-0.39, 0.29) is 42.4 Å². The van der Waals surface area contributed by atoms with E-state index in [1.807, 2.05) is 11.8 Å². The largest absolute Gasteiger partial charge is 0.480 e. The Morgan fingerprint density at radius 2 is 1.92 bits per heavy atom. The summed E-state index contributed by atoms with van der Waals surface area (Å²) in [5.41, 5.74) is 0. The van der Waals surface area contributed by atoms with Crippen LogP contribution in [0.15, 0.2) is 0 Å². The molecule has 2 amide bonds. The van der Waals surface area contributed by atoms with Gasteiger partial charge in [-0.1, -0.05) is 19.8 Å². The molecule has 0 bridgehead atoms. The van der Waals surface area contributed by atoms with Gasteiger partial charge in [0.25, 0.3) is 0 Å². The average Bonchev–Trinajstić information content (AvgIpc) is 3.26. The maximum absolute atomic E-state index is 12.7. The van der Waals surface area contributed by atoms with Crippen LogP contribution in [0.1, 0.15) is 45.4 Å². The van der Waals surface area contributed by atoms with E-state index in [0.717, 1.165) is 38.5 Å². The Bertz CT molecular complexity index is 547. The Kier molecular flexibility index (Phi) is 6.45. The van der Waals surface area contributed by atoms with Gasteiger partial charge in [-0.25, -0.2) is 0 Å². The molecule has 0 radical (unpaired) electrons. The average molecular weight is 384 g/mol.